The van der Waals surface area contributed by atoms with Crippen LogP contribution in [0.25, 0.3) is 0 Å². The molecule has 0 aromatic rings. The highest BCUT2D eigenvalue weighted by atomic mass is 32.1. The van der Waals surface area contributed by atoms with Gasteiger partial charge in [-0.25, -0.2) is 0 Å². The van der Waals surface area contributed by atoms with Gasteiger partial charge in [-0.15, -0.1) is 0 Å². The Morgan fingerprint density at radius 1 is 1.25 bits per heavy atom. The molecule has 1 aliphatic heterocycles. The summed E-state index contributed by atoms with van der Waals surface area (Å²) < 4.78 is 16.1. The Balaban J connectivity index is 0. The van der Waals surface area contributed by atoms with Gasteiger partial charge < -0.3 is 29.7 Å². The third-order valence-electron chi connectivity index (χ3n) is 4.12. The van der Waals surface area contributed by atoms with E-state index in [1.165, 1.54) is 6.42 Å². The summed E-state index contributed by atoms with van der Waals surface area (Å²) in [5, 5.41) is 18.6. The largest absolute Gasteiger partial charge is 0.492 e. The van der Waals surface area contributed by atoms with Gasteiger partial charge in [-0.05, 0) is 13.0 Å². The summed E-state index contributed by atoms with van der Waals surface area (Å²) in [5.74, 6) is -0.127. The smallest absolute Gasteiger partial charge is 0.242 e. The lowest BCUT2D eigenvalue weighted by molar-refractivity contribution is -0.138. The third-order valence-corrected chi connectivity index (χ3v) is 4.53. The number of thiol groups is 1. The van der Waals surface area contributed by atoms with Gasteiger partial charge in [0.15, 0.2) is 6.29 Å². The van der Waals surface area contributed by atoms with Crippen molar-refractivity contribution in [1.29, 1.82) is 0 Å². The van der Waals surface area contributed by atoms with Crippen LogP contribution < -0.4 is 5.32 Å². The number of imide groups is 1. The monoisotopic (exact) mass is 532 g/mol. The Bertz CT molecular complexity index is 712. The first kappa shape index (κ1) is 35.8. The Morgan fingerprint density at radius 2 is 1.89 bits per heavy atom. The van der Waals surface area contributed by atoms with Crippen molar-refractivity contribution in [3.63, 3.8) is 0 Å². The SMILES string of the molecule is C=C(/C=C(\C=C/C)OC(O)CC)OCCOCCNC(=O)CCN1C(=O)CC(S)C1=O.CCC.CO. The number of nitrogens with one attached hydrogen (secondary N) is 1. The lowest BCUT2D eigenvalue weighted by atomic mass is 10.3. The van der Waals surface area contributed by atoms with Crippen LogP contribution >= 0.6 is 12.6 Å². The van der Waals surface area contributed by atoms with E-state index in [0.717, 1.165) is 12.0 Å². The number of amides is 3. The molecule has 2 atom stereocenters. The van der Waals surface area contributed by atoms with Crippen molar-refractivity contribution in [2.24, 2.45) is 0 Å². The first-order valence-electron chi connectivity index (χ1n) is 12.0. The molecule has 2 unspecified atom stereocenters. The van der Waals surface area contributed by atoms with Gasteiger partial charge in [0.05, 0.1) is 18.5 Å². The number of aliphatic hydroxyl groups is 2. The van der Waals surface area contributed by atoms with E-state index in [2.05, 4.69) is 38.4 Å². The minimum Gasteiger partial charge on any atom is -0.492 e. The summed E-state index contributed by atoms with van der Waals surface area (Å²) in [6.45, 7) is 12.8. The van der Waals surface area contributed by atoms with Crippen molar-refractivity contribution in [3.05, 3.63) is 36.3 Å². The van der Waals surface area contributed by atoms with Gasteiger partial charge in [0, 0.05) is 45.5 Å². The lowest BCUT2D eigenvalue weighted by Gasteiger charge is -2.14. The molecule has 1 rings (SSSR count). The van der Waals surface area contributed by atoms with Crippen LogP contribution in [0.1, 0.15) is 53.4 Å². The van der Waals surface area contributed by atoms with Crippen molar-refractivity contribution < 1.29 is 38.8 Å². The van der Waals surface area contributed by atoms with E-state index >= 15 is 0 Å². The maximum Gasteiger partial charge on any atom is 0.242 e. The van der Waals surface area contributed by atoms with Crippen LogP contribution in [-0.4, -0.2) is 84.4 Å². The molecule has 0 aromatic carbocycles. The summed E-state index contributed by atoms with van der Waals surface area (Å²) in [7, 11) is 1.00. The number of rotatable bonds is 15. The molecule has 10 nitrogen and oxygen atoms in total. The average Bonchev–Trinajstić information content (AvgIpc) is 3.09. The fourth-order valence-electron chi connectivity index (χ4n) is 2.53. The van der Waals surface area contributed by atoms with E-state index in [1.807, 2.05) is 6.92 Å². The highest BCUT2D eigenvalue weighted by molar-refractivity contribution is 7.81. The topological polar surface area (TPSA) is 135 Å². The van der Waals surface area contributed by atoms with Gasteiger partial charge in [-0.1, -0.05) is 39.8 Å². The number of hydrogen-bond donors (Lipinski definition) is 4. The quantitative estimate of drug-likeness (QED) is 0.0630. The molecular formula is C25H44N2O8S. The molecule has 0 spiro atoms. The number of hydrogen-bond acceptors (Lipinski definition) is 9. The lowest BCUT2D eigenvalue weighted by Crippen LogP contribution is -2.36. The Labute approximate surface area is 220 Å². The molecule has 1 heterocycles. The number of allylic oxidation sites excluding steroid dienone is 3. The van der Waals surface area contributed by atoms with Crippen molar-refractivity contribution in [1.82, 2.24) is 10.2 Å². The number of carbonyl (C=O) groups excluding carboxylic acids is 3. The summed E-state index contributed by atoms with van der Waals surface area (Å²) >= 11 is 4.04. The van der Waals surface area contributed by atoms with Crippen LogP contribution in [-0.2, 0) is 28.6 Å². The maximum atomic E-state index is 11.8. The molecule has 3 amide bonds. The highest BCUT2D eigenvalue weighted by Crippen LogP contribution is 2.17. The van der Waals surface area contributed by atoms with Crippen LogP contribution in [0.3, 0.4) is 0 Å². The average molecular weight is 533 g/mol. The molecule has 3 N–H and O–H groups in total. The van der Waals surface area contributed by atoms with Crippen molar-refractivity contribution in [2.45, 2.75) is 64.9 Å². The third kappa shape index (κ3) is 17.1. The number of carbonyl (C=O) groups is 3. The molecular weight excluding hydrogens is 488 g/mol. The molecule has 11 heteroatoms. The van der Waals surface area contributed by atoms with Crippen LogP contribution in [0.2, 0.25) is 0 Å². The van der Waals surface area contributed by atoms with Crippen molar-refractivity contribution in [2.75, 3.05) is 40.0 Å². The predicted molar refractivity (Wildman–Crippen MR) is 142 cm³/mol. The van der Waals surface area contributed by atoms with Crippen LogP contribution in [0, 0.1) is 0 Å². The summed E-state index contributed by atoms with van der Waals surface area (Å²) in [5.41, 5.74) is 0. The van der Waals surface area contributed by atoms with Gasteiger partial charge in [-0.3, -0.25) is 19.3 Å². The second kappa shape index (κ2) is 23.1. The molecule has 208 valence electrons. The van der Waals surface area contributed by atoms with Crippen molar-refractivity contribution >= 4 is 30.4 Å². The van der Waals surface area contributed by atoms with E-state index in [0.29, 0.717) is 31.1 Å². The summed E-state index contributed by atoms with van der Waals surface area (Å²) in [6, 6.07) is 0. The van der Waals surface area contributed by atoms with E-state index in [-0.39, 0.29) is 50.3 Å². The zero-order valence-electron chi connectivity index (χ0n) is 22.2. The van der Waals surface area contributed by atoms with E-state index in [4.69, 9.17) is 19.3 Å². The zero-order valence-corrected chi connectivity index (χ0v) is 23.1. The highest BCUT2D eigenvalue weighted by Gasteiger charge is 2.36. The number of likely N-dealkylation sites (tertiary alicyclic amines) is 1. The van der Waals surface area contributed by atoms with Crippen LogP contribution in [0.15, 0.2) is 36.3 Å². The van der Waals surface area contributed by atoms with E-state index < -0.39 is 11.5 Å². The van der Waals surface area contributed by atoms with Gasteiger partial charge in [0.1, 0.15) is 18.1 Å². The molecule has 0 saturated carbocycles. The molecule has 1 fully saturated rings. The predicted octanol–water partition coefficient (Wildman–Crippen LogP) is 2.33. The minimum atomic E-state index is -0.898. The first-order valence-corrected chi connectivity index (χ1v) is 12.5. The molecule has 0 aliphatic carbocycles. The summed E-state index contributed by atoms with van der Waals surface area (Å²) in [6.07, 6.45) is 5.96. The molecule has 1 saturated heterocycles. The van der Waals surface area contributed by atoms with Gasteiger partial charge in [-0.2, -0.15) is 12.6 Å². The standard InChI is InChI=1S/C21H32N2O7S.C3H8.CH4O/c1-4-6-16(30-20(26)5-2)13-15(3)29-12-11-28-10-8-22-18(24)7-9-23-19(25)14-17(31)21(23)27;1-3-2;1-2/h4,6,13,17,20,26,31H,3,5,7-12,14H2,1-2H3,(H,22,24);3H2,1-2H3;2H,1H3/b6-4-,16-13+;;. The zero-order chi connectivity index (χ0) is 27.9. The Hall–Kier alpha value is -2.34. The Morgan fingerprint density at radius 3 is 2.42 bits per heavy atom. The van der Waals surface area contributed by atoms with Gasteiger partial charge in [0.2, 0.25) is 17.7 Å². The first-order chi connectivity index (χ1) is 17.2. The fourth-order valence-corrected chi connectivity index (χ4v) is 2.82. The van der Waals surface area contributed by atoms with Gasteiger partial charge >= 0.3 is 0 Å². The minimum absolute atomic E-state index is 0.0383. The Kier molecular flexibility index (Phi) is 23.0. The summed E-state index contributed by atoms with van der Waals surface area (Å²) in [4.78, 5) is 36.2. The molecule has 0 radical (unpaired) electrons. The normalized spacial score (nSPS) is 16.1. The molecule has 36 heavy (non-hydrogen) atoms. The van der Waals surface area contributed by atoms with E-state index in [9.17, 15) is 19.5 Å². The van der Waals surface area contributed by atoms with Crippen LogP contribution in [0.5, 0.6) is 0 Å². The van der Waals surface area contributed by atoms with Gasteiger partial charge in [0.25, 0.3) is 0 Å². The second-order valence-corrected chi connectivity index (χ2v) is 7.99. The molecule has 0 bridgehead atoms. The van der Waals surface area contributed by atoms with E-state index in [1.54, 1.807) is 25.2 Å². The van der Waals surface area contributed by atoms with Crippen LogP contribution in [0.4, 0.5) is 0 Å². The molecule has 0 aromatic heterocycles. The van der Waals surface area contributed by atoms with Crippen molar-refractivity contribution in [3.8, 4) is 0 Å². The fraction of sp³-hybridized carbons (Fsp3) is 0.640. The molecule has 1 aliphatic rings. The number of ether oxygens (including phenoxy) is 3. The maximum absolute atomic E-state index is 11.8. The number of nitrogens with zero attached hydrogens (tertiary/aromatic N) is 1. The number of aliphatic hydroxyl groups excluding tert-OH is 2. The second-order valence-electron chi connectivity index (χ2n) is 7.37.